The summed E-state index contributed by atoms with van der Waals surface area (Å²) in [6.45, 7) is 3.99. The largest absolute Gasteiger partial charge is 0.433 e. The quantitative estimate of drug-likeness (QED) is 0.319. The zero-order chi connectivity index (χ0) is 9.40. The lowest BCUT2D eigenvalue weighted by Crippen LogP contribution is -2.17. The van der Waals surface area contributed by atoms with Gasteiger partial charge in [-0.05, 0) is 12.2 Å². The minimum atomic E-state index is -0.530. The van der Waals surface area contributed by atoms with Crippen LogP contribution in [0.25, 0.3) is 0 Å². The monoisotopic (exact) mass is 190 g/mol. The van der Waals surface area contributed by atoms with Gasteiger partial charge in [-0.15, -0.1) is 11.8 Å². The molecular formula is C7H14N2O2S. The summed E-state index contributed by atoms with van der Waals surface area (Å²) < 4.78 is 0. The number of carbonyl (C=O) groups excluding carboxylic acids is 1. The highest BCUT2D eigenvalue weighted by Gasteiger charge is 1.99. The van der Waals surface area contributed by atoms with Crippen molar-refractivity contribution in [2.24, 2.45) is 5.16 Å². The number of oxime groups is 1. The number of hydrogen-bond acceptors (Lipinski definition) is 4. The minimum Gasteiger partial charge on any atom is -0.323 e. The van der Waals surface area contributed by atoms with Crippen molar-refractivity contribution in [2.45, 2.75) is 20.3 Å². The van der Waals surface area contributed by atoms with Gasteiger partial charge >= 0.3 is 6.09 Å². The number of carbonyl (C=O) groups is 1. The highest BCUT2D eigenvalue weighted by atomic mass is 32.2. The Bertz CT molecular complexity index is 171. The Morgan fingerprint density at radius 1 is 1.58 bits per heavy atom. The van der Waals surface area contributed by atoms with Gasteiger partial charge in [0.2, 0.25) is 0 Å². The first-order valence-corrected chi connectivity index (χ1v) is 4.81. The van der Waals surface area contributed by atoms with Gasteiger partial charge in [0.1, 0.15) is 5.04 Å². The van der Waals surface area contributed by atoms with E-state index in [-0.39, 0.29) is 0 Å². The van der Waals surface area contributed by atoms with E-state index in [1.165, 1.54) is 7.05 Å². The van der Waals surface area contributed by atoms with Crippen LogP contribution in [0.4, 0.5) is 4.79 Å². The molecule has 0 aliphatic rings. The van der Waals surface area contributed by atoms with Crippen molar-refractivity contribution in [3.05, 3.63) is 0 Å². The third-order valence-corrected chi connectivity index (χ3v) is 2.03. The van der Waals surface area contributed by atoms with Gasteiger partial charge < -0.3 is 5.32 Å². The molecule has 0 aromatic rings. The van der Waals surface area contributed by atoms with E-state index >= 15 is 0 Å². The van der Waals surface area contributed by atoms with Crippen LogP contribution in [0.5, 0.6) is 0 Å². The molecular weight excluding hydrogens is 176 g/mol. The molecule has 0 bridgehead atoms. The first-order valence-electron chi connectivity index (χ1n) is 3.82. The van der Waals surface area contributed by atoms with Crippen molar-refractivity contribution in [1.82, 2.24) is 5.32 Å². The second-order valence-corrected chi connectivity index (χ2v) is 3.24. The Morgan fingerprint density at radius 2 is 2.25 bits per heavy atom. The van der Waals surface area contributed by atoms with Crippen LogP contribution in [-0.4, -0.2) is 23.9 Å². The van der Waals surface area contributed by atoms with E-state index in [1.807, 2.05) is 13.8 Å². The number of thioether (sulfide) groups is 1. The highest BCUT2D eigenvalue weighted by molar-refractivity contribution is 8.13. The van der Waals surface area contributed by atoms with Gasteiger partial charge in [0.15, 0.2) is 0 Å². The standard InChI is InChI=1S/C7H14N2O2S/c1-4-6(12-5-2)9-11-7(10)8-3/h4-5H2,1-3H3,(H,8,10). The molecule has 1 amide bonds. The lowest BCUT2D eigenvalue weighted by Gasteiger charge is -1.99. The van der Waals surface area contributed by atoms with Crippen LogP contribution in [0.3, 0.4) is 0 Å². The average molecular weight is 190 g/mol. The third-order valence-electron chi connectivity index (χ3n) is 1.05. The summed E-state index contributed by atoms with van der Waals surface area (Å²) in [6, 6.07) is 0. The molecule has 0 fully saturated rings. The van der Waals surface area contributed by atoms with Crippen molar-refractivity contribution in [2.75, 3.05) is 12.8 Å². The highest BCUT2D eigenvalue weighted by Crippen LogP contribution is 2.06. The fourth-order valence-corrected chi connectivity index (χ4v) is 1.12. The lowest BCUT2D eigenvalue weighted by molar-refractivity contribution is 0.153. The van der Waals surface area contributed by atoms with Crippen LogP contribution in [-0.2, 0) is 4.84 Å². The second kappa shape index (κ2) is 6.97. The van der Waals surface area contributed by atoms with Crippen LogP contribution in [0.2, 0.25) is 0 Å². The van der Waals surface area contributed by atoms with Crippen LogP contribution >= 0.6 is 11.8 Å². The number of hydrogen-bond donors (Lipinski definition) is 1. The molecule has 12 heavy (non-hydrogen) atoms. The SMILES string of the molecule is CCSC(CC)=NOC(=O)NC. The van der Waals surface area contributed by atoms with Crippen LogP contribution < -0.4 is 5.32 Å². The van der Waals surface area contributed by atoms with Crippen LogP contribution in [0, 0.1) is 0 Å². The zero-order valence-corrected chi connectivity index (χ0v) is 8.40. The molecule has 0 aromatic heterocycles. The molecule has 5 heteroatoms. The van der Waals surface area contributed by atoms with Crippen molar-refractivity contribution in [3.8, 4) is 0 Å². The van der Waals surface area contributed by atoms with E-state index in [4.69, 9.17) is 0 Å². The Morgan fingerprint density at radius 3 is 2.67 bits per heavy atom. The first-order chi connectivity index (χ1) is 5.74. The van der Waals surface area contributed by atoms with Gasteiger partial charge in [-0.1, -0.05) is 19.0 Å². The number of amides is 1. The number of rotatable bonds is 3. The molecule has 0 rings (SSSR count). The molecule has 0 aliphatic carbocycles. The van der Waals surface area contributed by atoms with E-state index < -0.39 is 6.09 Å². The molecule has 0 saturated heterocycles. The number of nitrogens with zero attached hydrogens (tertiary/aromatic N) is 1. The normalized spacial score (nSPS) is 11.1. The molecule has 70 valence electrons. The van der Waals surface area contributed by atoms with E-state index in [2.05, 4.69) is 15.3 Å². The molecule has 4 nitrogen and oxygen atoms in total. The second-order valence-electron chi connectivity index (χ2n) is 1.90. The maximum Gasteiger partial charge on any atom is 0.433 e. The van der Waals surface area contributed by atoms with Gasteiger partial charge in [0.25, 0.3) is 0 Å². The molecule has 1 N–H and O–H groups in total. The Balaban J connectivity index is 3.84. The zero-order valence-electron chi connectivity index (χ0n) is 7.59. The van der Waals surface area contributed by atoms with Crippen molar-refractivity contribution in [1.29, 1.82) is 0 Å². The minimum absolute atomic E-state index is 0.530. The smallest absolute Gasteiger partial charge is 0.323 e. The summed E-state index contributed by atoms with van der Waals surface area (Å²) in [6.07, 6.45) is 0.257. The van der Waals surface area contributed by atoms with Gasteiger partial charge in [-0.2, -0.15) is 0 Å². The molecule has 0 saturated carbocycles. The molecule has 0 heterocycles. The van der Waals surface area contributed by atoms with Gasteiger partial charge in [0, 0.05) is 7.05 Å². The summed E-state index contributed by atoms with van der Waals surface area (Å²) >= 11 is 1.57. The van der Waals surface area contributed by atoms with E-state index in [9.17, 15) is 4.79 Å². The first kappa shape index (κ1) is 11.3. The maximum atomic E-state index is 10.6. The Kier molecular flexibility index (Phi) is 6.55. The third kappa shape index (κ3) is 5.01. The summed E-state index contributed by atoms with van der Waals surface area (Å²) in [5.74, 6) is 0.934. The lowest BCUT2D eigenvalue weighted by atomic mass is 10.5. The topological polar surface area (TPSA) is 50.7 Å². The predicted octanol–water partition coefficient (Wildman–Crippen LogP) is 1.82. The van der Waals surface area contributed by atoms with E-state index in [0.717, 1.165) is 17.2 Å². The molecule has 0 aliphatic heterocycles. The van der Waals surface area contributed by atoms with Gasteiger partial charge in [-0.25, -0.2) is 4.79 Å². The predicted molar refractivity (Wildman–Crippen MR) is 51.4 cm³/mol. The Labute approximate surface area is 76.7 Å². The molecule has 0 aromatic carbocycles. The molecule has 0 atom stereocenters. The maximum absolute atomic E-state index is 10.6. The molecule has 0 unspecified atom stereocenters. The summed E-state index contributed by atoms with van der Waals surface area (Å²) in [5.41, 5.74) is 0. The van der Waals surface area contributed by atoms with Crippen molar-refractivity contribution >= 4 is 22.9 Å². The summed E-state index contributed by atoms with van der Waals surface area (Å²) in [5, 5.41) is 6.81. The summed E-state index contributed by atoms with van der Waals surface area (Å²) in [7, 11) is 1.50. The average Bonchev–Trinajstić information content (AvgIpc) is 2.11. The van der Waals surface area contributed by atoms with Crippen LogP contribution in [0.15, 0.2) is 5.16 Å². The van der Waals surface area contributed by atoms with Crippen LogP contribution in [0.1, 0.15) is 20.3 Å². The van der Waals surface area contributed by atoms with Crippen molar-refractivity contribution in [3.63, 3.8) is 0 Å². The van der Waals surface area contributed by atoms with Crippen molar-refractivity contribution < 1.29 is 9.63 Å². The van der Waals surface area contributed by atoms with E-state index in [0.29, 0.717) is 0 Å². The van der Waals surface area contributed by atoms with E-state index in [1.54, 1.807) is 11.8 Å². The molecule has 0 spiro atoms. The fourth-order valence-electron chi connectivity index (χ4n) is 0.498. The fraction of sp³-hybridized carbons (Fsp3) is 0.714. The van der Waals surface area contributed by atoms with Gasteiger partial charge in [0.05, 0.1) is 0 Å². The number of nitrogens with one attached hydrogen (secondary N) is 1. The Hall–Kier alpha value is -0.710. The van der Waals surface area contributed by atoms with Gasteiger partial charge in [-0.3, -0.25) is 4.84 Å². The summed E-state index contributed by atoms with van der Waals surface area (Å²) in [4.78, 5) is 15.1. The molecule has 0 radical (unpaired) electrons.